The molecular weight excluding hydrogens is 165 g/mol. The number of nitrogen functional groups attached to an aromatic ring is 1. The number of hydrogen-bond donors (Lipinski definition) is 1. The van der Waals surface area contributed by atoms with E-state index in [0.717, 1.165) is 0 Å². The first-order valence-electron chi connectivity index (χ1n) is 2.75. The predicted molar refractivity (Wildman–Crippen MR) is 46.0 cm³/mol. The molecule has 0 unspecified atom stereocenters. The lowest BCUT2D eigenvalue weighted by atomic mass is 10.2. The highest BCUT2D eigenvalue weighted by Crippen LogP contribution is 2.09. The fourth-order valence-corrected chi connectivity index (χ4v) is 0.648. The van der Waals surface area contributed by atoms with Crippen molar-refractivity contribution < 1.29 is 4.39 Å². The molecular formula is C8H7ClFN. The van der Waals surface area contributed by atoms with Crippen LogP contribution in [0.5, 0.6) is 0 Å². The number of terminal acetylenes is 1. The second kappa shape index (κ2) is 3.85. The zero-order chi connectivity index (χ0) is 7.56. The molecule has 0 heterocycles. The first-order valence-corrected chi connectivity index (χ1v) is 2.75. The Kier molecular flexibility index (Phi) is 3.43. The summed E-state index contributed by atoms with van der Waals surface area (Å²) in [6.07, 6.45) is 4.97. The minimum absolute atomic E-state index is 0. The summed E-state index contributed by atoms with van der Waals surface area (Å²) in [5.74, 6) is 1.75. The van der Waals surface area contributed by atoms with E-state index in [-0.39, 0.29) is 18.0 Å². The fraction of sp³-hybridized carbons (Fsp3) is 0. The zero-order valence-corrected chi connectivity index (χ0v) is 6.49. The van der Waals surface area contributed by atoms with E-state index in [4.69, 9.17) is 12.2 Å². The third kappa shape index (κ3) is 2.14. The molecule has 0 amide bonds. The van der Waals surface area contributed by atoms with Gasteiger partial charge in [0.05, 0.1) is 5.56 Å². The summed E-state index contributed by atoms with van der Waals surface area (Å²) in [4.78, 5) is 0. The Labute approximate surface area is 70.8 Å². The molecule has 1 rings (SSSR count). The van der Waals surface area contributed by atoms with Crippen LogP contribution in [0.2, 0.25) is 0 Å². The Morgan fingerprint density at radius 2 is 2.09 bits per heavy atom. The normalized spacial score (nSPS) is 8.00. The third-order valence-corrected chi connectivity index (χ3v) is 1.15. The van der Waals surface area contributed by atoms with Crippen molar-refractivity contribution in [1.29, 1.82) is 0 Å². The predicted octanol–water partition coefficient (Wildman–Crippen LogP) is 1.81. The molecule has 11 heavy (non-hydrogen) atoms. The van der Waals surface area contributed by atoms with Gasteiger partial charge in [-0.05, 0) is 18.2 Å². The van der Waals surface area contributed by atoms with Gasteiger partial charge in [0, 0.05) is 5.69 Å². The average molecular weight is 172 g/mol. The summed E-state index contributed by atoms with van der Waals surface area (Å²) in [6.45, 7) is 0. The van der Waals surface area contributed by atoms with E-state index in [9.17, 15) is 4.39 Å². The number of anilines is 1. The van der Waals surface area contributed by atoms with Gasteiger partial charge in [-0.25, -0.2) is 4.39 Å². The molecule has 2 N–H and O–H groups in total. The lowest BCUT2D eigenvalue weighted by molar-refractivity contribution is 0.625. The Hall–Kier alpha value is -1.20. The van der Waals surface area contributed by atoms with Gasteiger partial charge in [0.15, 0.2) is 0 Å². The van der Waals surface area contributed by atoms with Crippen molar-refractivity contribution in [3.63, 3.8) is 0 Å². The van der Waals surface area contributed by atoms with E-state index in [0.29, 0.717) is 5.69 Å². The van der Waals surface area contributed by atoms with Gasteiger partial charge in [0.2, 0.25) is 0 Å². The number of hydrogen-bond acceptors (Lipinski definition) is 1. The minimum Gasteiger partial charge on any atom is -0.399 e. The highest BCUT2D eigenvalue weighted by atomic mass is 35.5. The molecule has 0 spiro atoms. The van der Waals surface area contributed by atoms with Crippen LogP contribution in [0, 0.1) is 18.2 Å². The van der Waals surface area contributed by atoms with Crippen LogP contribution in [0.15, 0.2) is 18.2 Å². The maximum absolute atomic E-state index is 12.6. The molecule has 0 aromatic heterocycles. The van der Waals surface area contributed by atoms with Crippen molar-refractivity contribution in [2.75, 3.05) is 5.73 Å². The molecule has 3 heteroatoms. The number of benzene rings is 1. The summed E-state index contributed by atoms with van der Waals surface area (Å²) < 4.78 is 12.6. The van der Waals surface area contributed by atoms with E-state index in [2.05, 4.69) is 5.92 Å². The van der Waals surface area contributed by atoms with E-state index >= 15 is 0 Å². The Bertz CT molecular complexity index is 291. The van der Waals surface area contributed by atoms with Gasteiger partial charge >= 0.3 is 0 Å². The molecule has 0 bridgehead atoms. The number of rotatable bonds is 0. The van der Waals surface area contributed by atoms with Crippen LogP contribution in [0.1, 0.15) is 5.56 Å². The number of nitrogens with two attached hydrogens (primary N) is 1. The Balaban J connectivity index is 0.000001000. The molecule has 1 aromatic carbocycles. The molecule has 1 nitrogen and oxygen atoms in total. The molecule has 58 valence electrons. The maximum Gasteiger partial charge on any atom is 0.140 e. The molecule has 1 aromatic rings. The van der Waals surface area contributed by atoms with Crippen molar-refractivity contribution in [3.8, 4) is 12.3 Å². The average Bonchev–Trinajstić information content (AvgIpc) is 1.88. The molecule has 0 fully saturated rings. The monoisotopic (exact) mass is 171 g/mol. The first-order chi connectivity index (χ1) is 4.74. The van der Waals surface area contributed by atoms with Crippen molar-refractivity contribution >= 4 is 18.1 Å². The minimum atomic E-state index is -0.442. The summed E-state index contributed by atoms with van der Waals surface area (Å²) in [7, 11) is 0. The van der Waals surface area contributed by atoms with E-state index < -0.39 is 5.82 Å². The van der Waals surface area contributed by atoms with Crippen LogP contribution >= 0.6 is 12.4 Å². The van der Waals surface area contributed by atoms with Crippen LogP contribution in [0.25, 0.3) is 0 Å². The highest BCUT2D eigenvalue weighted by Gasteiger charge is 1.96. The fourth-order valence-electron chi connectivity index (χ4n) is 0.648. The SMILES string of the molecule is C#Cc1ccc(N)cc1F.Cl. The van der Waals surface area contributed by atoms with Crippen molar-refractivity contribution in [3.05, 3.63) is 29.6 Å². The lowest BCUT2D eigenvalue weighted by Gasteiger charge is -1.94. The van der Waals surface area contributed by atoms with E-state index in [1.54, 1.807) is 6.07 Å². The quantitative estimate of drug-likeness (QED) is 0.468. The zero-order valence-electron chi connectivity index (χ0n) is 5.67. The van der Waals surface area contributed by atoms with Crippen LogP contribution in [-0.2, 0) is 0 Å². The first kappa shape index (κ1) is 9.80. The van der Waals surface area contributed by atoms with Crippen molar-refractivity contribution in [2.45, 2.75) is 0 Å². The number of halogens is 2. The van der Waals surface area contributed by atoms with Gasteiger partial charge in [0.25, 0.3) is 0 Å². The van der Waals surface area contributed by atoms with Gasteiger partial charge in [0.1, 0.15) is 5.82 Å². The summed E-state index contributed by atoms with van der Waals surface area (Å²) >= 11 is 0. The maximum atomic E-state index is 12.6. The topological polar surface area (TPSA) is 26.0 Å². The molecule has 0 aliphatic carbocycles. The summed E-state index contributed by atoms with van der Waals surface area (Å²) in [5.41, 5.74) is 5.90. The largest absolute Gasteiger partial charge is 0.399 e. The van der Waals surface area contributed by atoms with Crippen molar-refractivity contribution in [2.24, 2.45) is 0 Å². The van der Waals surface area contributed by atoms with Gasteiger partial charge in [-0.15, -0.1) is 18.8 Å². The Morgan fingerprint density at radius 1 is 1.45 bits per heavy atom. The van der Waals surface area contributed by atoms with Crippen LogP contribution in [-0.4, -0.2) is 0 Å². The van der Waals surface area contributed by atoms with Gasteiger partial charge in [-0.2, -0.15) is 0 Å². The Morgan fingerprint density at radius 3 is 2.55 bits per heavy atom. The summed E-state index contributed by atoms with van der Waals surface area (Å²) in [6, 6.07) is 4.25. The van der Waals surface area contributed by atoms with Crippen molar-refractivity contribution in [1.82, 2.24) is 0 Å². The van der Waals surface area contributed by atoms with Crippen LogP contribution < -0.4 is 5.73 Å². The molecule has 0 saturated heterocycles. The molecule has 0 radical (unpaired) electrons. The molecule has 0 aliphatic heterocycles. The van der Waals surface area contributed by atoms with Gasteiger partial charge in [-0.3, -0.25) is 0 Å². The van der Waals surface area contributed by atoms with E-state index in [1.165, 1.54) is 12.1 Å². The van der Waals surface area contributed by atoms with Gasteiger partial charge in [-0.1, -0.05) is 5.92 Å². The summed E-state index contributed by atoms with van der Waals surface area (Å²) in [5, 5.41) is 0. The van der Waals surface area contributed by atoms with Crippen LogP contribution in [0.3, 0.4) is 0 Å². The van der Waals surface area contributed by atoms with E-state index in [1.807, 2.05) is 0 Å². The standard InChI is InChI=1S/C8H6FN.ClH/c1-2-6-3-4-7(10)5-8(6)9;/h1,3-5H,10H2;1H. The molecule has 0 aliphatic rings. The lowest BCUT2D eigenvalue weighted by Crippen LogP contribution is -1.88. The smallest absolute Gasteiger partial charge is 0.140 e. The molecule has 0 saturated carbocycles. The molecule has 0 atom stereocenters. The van der Waals surface area contributed by atoms with Crippen LogP contribution in [0.4, 0.5) is 10.1 Å². The van der Waals surface area contributed by atoms with Gasteiger partial charge < -0.3 is 5.73 Å². The third-order valence-electron chi connectivity index (χ3n) is 1.15. The second-order valence-corrected chi connectivity index (χ2v) is 1.88. The highest BCUT2D eigenvalue weighted by molar-refractivity contribution is 5.85. The second-order valence-electron chi connectivity index (χ2n) is 1.88.